The molecule has 0 bridgehead atoms. The number of hydrogen-bond donors (Lipinski definition) is 6. The summed E-state index contributed by atoms with van der Waals surface area (Å²) in [6, 6.07) is 4.66. The van der Waals surface area contributed by atoms with Crippen molar-refractivity contribution in [2.24, 2.45) is 5.73 Å². The van der Waals surface area contributed by atoms with Crippen molar-refractivity contribution in [2.45, 2.75) is 48.8 Å². The highest BCUT2D eigenvalue weighted by molar-refractivity contribution is 8.76. The predicted octanol–water partition coefficient (Wildman–Crippen LogP) is 0.762. The number of nitrogens with two attached hydrogens (primary N) is 1. The second-order valence-corrected chi connectivity index (χ2v) is 11.3. The number of aromatic nitrogens is 1. The van der Waals surface area contributed by atoms with Gasteiger partial charge in [-0.2, -0.15) is 0 Å². The van der Waals surface area contributed by atoms with Crippen molar-refractivity contribution in [3.63, 3.8) is 0 Å². The maximum Gasteiger partial charge on any atom is 0.322 e. The monoisotopic (exact) mass is 593 g/mol. The minimum atomic E-state index is -1.25. The second kappa shape index (κ2) is 15.4. The predicted molar refractivity (Wildman–Crippen MR) is 149 cm³/mol. The molecule has 1 aliphatic heterocycles. The van der Waals surface area contributed by atoms with E-state index in [9.17, 15) is 24.0 Å². The Morgan fingerprint density at radius 1 is 1.15 bits per heavy atom. The van der Waals surface area contributed by atoms with Gasteiger partial charge in [-0.15, -0.1) is 0 Å². The van der Waals surface area contributed by atoms with Gasteiger partial charge in [-0.1, -0.05) is 27.7 Å². The first-order chi connectivity index (χ1) is 19.2. The molecule has 1 unspecified atom stereocenters. The first kappa shape index (κ1) is 31.1. The van der Waals surface area contributed by atoms with Crippen molar-refractivity contribution >= 4 is 62.2 Å². The van der Waals surface area contributed by atoms with E-state index in [2.05, 4.69) is 20.9 Å². The summed E-state index contributed by atoms with van der Waals surface area (Å²) >= 11 is 0. The molecule has 1 aromatic heterocycles. The quantitative estimate of drug-likeness (QED) is 0.158. The molecule has 2 aromatic rings. The smallest absolute Gasteiger partial charge is 0.322 e. The topological polar surface area (TPSA) is 210 Å². The minimum absolute atomic E-state index is 0.00890. The molecule has 13 nitrogen and oxygen atoms in total. The van der Waals surface area contributed by atoms with Crippen LogP contribution < -0.4 is 21.7 Å². The Balaban J connectivity index is 1.65. The zero-order valence-corrected chi connectivity index (χ0v) is 23.1. The Hall–Kier alpha value is -3.40. The van der Waals surface area contributed by atoms with Crippen LogP contribution in [0.5, 0.6) is 0 Å². The van der Waals surface area contributed by atoms with Gasteiger partial charge < -0.3 is 36.6 Å². The molecule has 3 atom stereocenters. The van der Waals surface area contributed by atoms with E-state index in [0.717, 1.165) is 17.7 Å². The number of carbonyl (C=O) groups is 5. The molecule has 1 aliphatic rings. The third-order valence-electron chi connectivity index (χ3n) is 5.94. The van der Waals surface area contributed by atoms with Crippen LogP contribution >= 0.6 is 21.6 Å². The molecule has 3 rings (SSSR count). The van der Waals surface area contributed by atoms with Crippen molar-refractivity contribution < 1.29 is 38.9 Å². The fourth-order valence-electron chi connectivity index (χ4n) is 3.83. The van der Waals surface area contributed by atoms with Crippen LogP contribution in [0.15, 0.2) is 35.4 Å². The van der Waals surface area contributed by atoms with Crippen LogP contribution in [0.4, 0.5) is 0 Å². The van der Waals surface area contributed by atoms with Gasteiger partial charge in [0, 0.05) is 47.4 Å². The number of carboxylic acids is 2. The minimum Gasteiger partial charge on any atom is -0.480 e. The number of pyridine rings is 1. The summed E-state index contributed by atoms with van der Waals surface area (Å²) in [5.41, 5.74) is 6.49. The number of carboxylic acid groups (broad SMARTS) is 2. The van der Waals surface area contributed by atoms with E-state index in [4.69, 9.17) is 20.7 Å². The largest absolute Gasteiger partial charge is 0.480 e. The molecular formula is C25H31N5O8S2. The molecule has 15 heteroatoms. The summed E-state index contributed by atoms with van der Waals surface area (Å²) < 4.78 is 5.56. The van der Waals surface area contributed by atoms with Crippen LogP contribution in [0, 0.1) is 0 Å². The molecule has 1 saturated heterocycles. The summed E-state index contributed by atoms with van der Waals surface area (Å²) in [5, 5.41) is 26.1. The van der Waals surface area contributed by atoms with Crippen molar-refractivity contribution in [3.05, 3.63) is 36.0 Å². The highest BCUT2D eigenvalue weighted by Gasteiger charge is 2.24. The molecule has 216 valence electrons. The Bertz CT molecular complexity index is 1240. The lowest BCUT2D eigenvalue weighted by Crippen LogP contribution is -2.49. The summed E-state index contributed by atoms with van der Waals surface area (Å²) in [5.74, 6) is -3.97. The van der Waals surface area contributed by atoms with Gasteiger partial charge in [-0.05, 0) is 37.5 Å². The number of fused-ring (bicyclic) bond motifs is 1. The standard InChI is InChI=1S/C25H31N5O8S2/c26-17(25(36)37)6-8-20(31)30-18(24(35)29-12-21(32)33)13-39-40-19-7-5-16(15-4-1-9-27-22(15)19)23(34)28-11-14-3-2-10-38-14/h1,4-5,7,9,14,17-18H,2-3,6,8,10-13,26H2,(H,28,34)(H,29,35)(H,30,31)(H,32,33)(H,36,37)/t14-,17+,18?/m0/s1. The molecule has 7 N–H and O–H groups in total. The van der Waals surface area contributed by atoms with Crippen molar-refractivity contribution in [2.75, 3.05) is 25.4 Å². The number of carbonyl (C=O) groups excluding carboxylic acids is 3. The summed E-state index contributed by atoms with van der Waals surface area (Å²) in [4.78, 5) is 64.7. The average molecular weight is 594 g/mol. The molecule has 0 aliphatic carbocycles. The molecule has 40 heavy (non-hydrogen) atoms. The van der Waals surface area contributed by atoms with Crippen LogP contribution in [0.2, 0.25) is 0 Å². The van der Waals surface area contributed by atoms with Crippen molar-refractivity contribution in [3.8, 4) is 0 Å². The summed E-state index contributed by atoms with van der Waals surface area (Å²) in [6.45, 7) is 0.492. The first-order valence-corrected chi connectivity index (χ1v) is 14.8. The summed E-state index contributed by atoms with van der Waals surface area (Å²) in [7, 11) is 2.50. The molecular weight excluding hydrogens is 562 g/mol. The van der Waals surface area contributed by atoms with Gasteiger partial charge in [0.15, 0.2) is 0 Å². The number of benzene rings is 1. The van der Waals surface area contributed by atoms with Crippen molar-refractivity contribution in [1.29, 1.82) is 0 Å². The number of nitrogens with one attached hydrogen (secondary N) is 3. The van der Waals surface area contributed by atoms with Crippen LogP contribution in [0.3, 0.4) is 0 Å². The van der Waals surface area contributed by atoms with E-state index in [1.807, 2.05) is 0 Å². The van der Waals surface area contributed by atoms with Crippen molar-refractivity contribution in [1.82, 2.24) is 20.9 Å². The Morgan fingerprint density at radius 2 is 1.95 bits per heavy atom. The zero-order chi connectivity index (χ0) is 29.1. The lowest BCUT2D eigenvalue weighted by molar-refractivity contribution is -0.139. The van der Waals surface area contributed by atoms with E-state index in [1.165, 1.54) is 21.6 Å². The van der Waals surface area contributed by atoms with Gasteiger partial charge in [-0.25, -0.2) is 0 Å². The molecule has 0 radical (unpaired) electrons. The first-order valence-electron chi connectivity index (χ1n) is 12.5. The van der Waals surface area contributed by atoms with Gasteiger partial charge in [0.05, 0.1) is 11.6 Å². The van der Waals surface area contributed by atoms with Gasteiger partial charge in [-0.3, -0.25) is 29.0 Å². The molecule has 1 aromatic carbocycles. The fraction of sp³-hybridized carbons (Fsp3) is 0.440. The maximum atomic E-state index is 12.9. The molecule has 1 fully saturated rings. The molecule has 3 amide bonds. The van der Waals surface area contributed by atoms with E-state index in [1.54, 1.807) is 30.5 Å². The SMILES string of the molecule is N[C@H](CCC(=O)NC(CSSc1ccc(C(=O)NC[C@@H]2CCCO2)c2cccnc12)C(=O)NCC(=O)O)C(=O)O. The van der Waals surface area contributed by atoms with Crippen LogP contribution in [0.25, 0.3) is 10.9 Å². The van der Waals surface area contributed by atoms with E-state index in [0.29, 0.717) is 29.6 Å². The number of amides is 3. The van der Waals surface area contributed by atoms with Gasteiger partial charge in [0.2, 0.25) is 11.8 Å². The molecule has 0 spiro atoms. The number of ether oxygens (including phenoxy) is 1. The maximum absolute atomic E-state index is 12.9. The van der Waals surface area contributed by atoms with Crippen LogP contribution in [-0.4, -0.2) is 88.5 Å². The number of nitrogens with zero attached hydrogens (tertiary/aromatic N) is 1. The van der Waals surface area contributed by atoms with E-state index >= 15 is 0 Å². The molecule has 2 heterocycles. The van der Waals surface area contributed by atoms with Gasteiger partial charge >= 0.3 is 11.9 Å². The fourth-order valence-corrected chi connectivity index (χ4v) is 6.16. The normalized spacial score (nSPS) is 16.2. The second-order valence-electron chi connectivity index (χ2n) is 8.94. The highest BCUT2D eigenvalue weighted by atomic mass is 33.1. The van der Waals surface area contributed by atoms with E-state index in [-0.39, 0.29) is 30.6 Å². The van der Waals surface area contributed by atoms with Gasteiger partial charge in [0.1, 0.15) is 18.6 Å². The number of rotatable bonds is 15. The number of aliphatic carboxylic acids is 2. The average Bonchev–Trinajstić information content (AvgIpc) is 3.46. The highest BCUT2D eigenvalue weighted by Crippen LogP contribution is 2.36. The van der Waals surface area contributed by atoms with Gasteiger partial charge in [0.25, 0.3) is 5.91 Å². The third kappa shape index (κ3) is 9.36. The zero-order valence-electron chi connectivity index (χ0n) is 21.5. The number of hydrogen-bond acceptors (Lipinski definition) is 10. The lowest BCUT2D eigenvalue weighted by Gasteiger charge is -2.18. The molecule has 0 saturated carbocycles. The van der Waals surface area contributed by atoms with E-state index < -0.39 is 42.4 Å². The van der Waals surface area contributed by atoms with Crippen LogP contribution in [-0.2, 0) is 23.9 Å². The Labute approximate surface area is 237 Å². The lowest BCUT2D eigenvalue weighted by atomic mass is 10.1. The Morgan fingerprint density at radius 3 is 2.65 bits per heavy atom. The van der Waals surface area contributed by atoms with Crippen LogP contribution in [0.1, 0.15) is 36.0 Å². The third-order valence-corrected chi connectivity index (χ3v) is 8.34. The Kier molecular flexibility index (Phi) is 12.0. The summed E-state index contributed by atoms with van der Waals surface area (Å²) in [6.07, 6.45) is 3.14.